The zero-order chi connectivity index (χ0) is 26.6. The molecule has 188 valence electrons. The lowest BCUT2D eigenvalue weighted by Crippen LogP contribution is -2.40. The smallest absolute Gasteiger partial charge is 0.293 e. The van der Waals surface area contributed by atoms with E-state index in [1.165, 1.54) is 0 Å². The number of aryl methyl sites for hydroxylation is 4. The van der Waals surface area contributed by atoms with E-state index in [2.05, 4.69) is 6.92 Å². The van der Waals surface area contributed by atoms with Crippen molar-refractivity contribution >= 4 is 24.7 Å². The highest BCUT2D eigenvalue weighted by Crippen LogP contribution is 2.41. The van der Waals surface area contributed by atoms with Crippen LogP contribution in [0, 0.1) is 44.9 Å². The van der Waals surface area contributed by atoms with Gasteiger partial charge in [0.25, 0.3) is 0 Å². The Labute approximate surface area is 217 Å². The second kappa shape index (κ2) is 11.4. The summed E-state index contributed by atoms with van der Waals surface area (Å²) in [5.41, 5.74) is 4.18. The predicted molar refractivity (Wildman–Crippen MR) is 150 cm³/mol. The monoisotopic (exact) mass is 501 g/mol. The quantitative estimate of drug-likeness (QED) is 0.162. The Balaban J connectivity index is 2.01. The van der Waals surface area contributed by atoms with Crippen LogP contribution in [0.5, 0.6) is 0 Å². The Bertz CT molecular complexity index is 1170. The average Bonchev–Trinajstić information content (AvgIpc) is 2.78. The van der Waals surface area contributed by atoms with Crippen LogP contribution in [-0.4, -0.2) is 17.7 Å². The Hall–Kier alpha value is -2.90. The largest absolute Gasteiger partial charge is 0.377 e. The van der Waals surface area contributed by atoms with E-state index in [9.17, 15) is 14.2 Å². The van der Waals surface area contributed by atoms with Gasteiger partial charge in [-0.05, 0) is 73.9 Å². The summed E-state index contributed by atoms with van der Waals surface area (Å²) in [6, 6.07) is 21.1. The van der Waals surface area contributed by atoms with Crippen LogP contribution < -0.4 is 5.30 Å². The van der Waals surface area contributed by atoms with E-state index in [1.807, 2.05) is 108 Å². The maximum absolute atomic E-state index is 14.2. The Morgan fingerprint density at radius 3 is 1.56 bits per heavy atom. The third-order valence-electron chi connectivity index (χ3n) is 7.16. The van der Waals surface area contributed by atoms with Crippen LogP contribution in [0.4, 0.5) is 0 Å². The molecule has 0 fully saturated rings. The molecule has 3 rings (SSSR count). The SMILES string of the molecule is Cc1cccc(C)c1C(=O)C(C(=O)c1c(C)cccc1C)C(C)(C)CC(C)C[P+](=O)c1ccccc1. The fourth-order valence-corrected chi connectivity index (χ4v) is 7.00. The summed E-state index contributed by atoms with van der Waals surface area (Å²) < 4.78 is 13.0. The molecule has 3 aromatic rings. The van der Waals surface area contributed by atoms with Crippen LogP contribution in [-0.2, 0) is 4.57 Å². The van der Waals surface area contributed by atoms with E-state index in [4.69, 9.17) is 0 Å². The van der Waals surface area contributed by atoms with Gasteiger partial charge in [-0.3, -0.25) is 9.59 Å². The first-order valence-corrected chi connectivity index (χ1v) is 14.1. The number of Topliss-reactive ketones (excluding diaryl/α,β-unsaturated/α-hetero) is 2. The number of hydrogen-bond donors (Lipinski definition) is 0. The van der Waals surface area contributed by atoms with Gasteiger partial charge in [-0.25, -0.2) is 0 Å². The standard InChI is InChI=1S/C32H38O3P/c1-21(20-36(35)26-17-9-8-10-18-26)19-32(6,7)29(30(33)27-22(2)13-11-14-23(27)3)31(34)28-24(4)15-12-16-25(28)5/h8-18,21,29H,19-20H2,1-7H3/q+1. The number of rotatable bonds is 10. The highest BCUT2D eigenvalue weighted by Gasteiger charge is 2.44. The molecule has 0 amide bonds. The van der Waals surface area contributed by atoms with Gasteiger partial charge in [-0.2, -0.15) is 0 Å². The number of benzene rings is 3. The fourth-order valence-electron chi connectivity index (χ4n) is 5.59. The topological polar surface area (TPSA) is 51.2 Å². The minimum absolute atomic E-state index is 0.0721. The van der Waals surface area contributed by atoms with Crippen molar-refractivity contribution in [2.24, 2.45) is 17.3 Å². The lowest BCUT2D eigenvalue weighted by molar-refractivity contribution is 0.0640. The normalized spacial score (nSPS) is 12.9. The molecular weight excluding hydrogens is 463 g/mol. The van der Waals surface area contributed by atoms with Gasteiger partial charge in [-0.1, -0.05) is 79.9 Å². The van der Waals surface area contributed by atoms with Crippen molar-refractivity contribution in [1.29, 1.82) is 0 Å². The van der Waals surface area contributed by atoms with Gasteiger partial charge in [0.15, 0.2) is 23.0 Å². The van der Waals surface area contributed by atoms with Crippen LogP contribution in [0.3, 0.4) is 0 Å². The minimum Gasteiger partial charge on any atom is -0.293 e. The zero-order valence-electron chi connectivity index (χ0n) is 22.6. The number of ketones is 2. The third-order valence-corrected chi connectivity index (χ3v) is 8.99. The first-order valence-electron chi connectivity index (χ1n) is 12.6. The lowest BCUT2D eigenvalue weighted by Gasteiger charge is -2.35. The maximum atomic E-state index is 14.2. The molecular formula is C32H38O3P+. The highest BCUT2D eigenvalue weighted by molar-refractivity contribution is 7.53. The van der Waals surface area contributed by atoms with Gasteiger partial charge < -0.3 is 0 Å². The molecule has 3 nitrogen and oxygen atoms in total. The number of hydrogen-bond acceptors (Lipinski definition) is 3. The van der Waals surface area contributed by atoms with Gasteiger partial charge in [0.1, 0.15) is 0 Å². The summed E-state index contributed by atoms with van der Waals surface area (Å²) in [6.45, 7) is 13.8. The predicted octanol–water partition coefficient (Wildman–Crippen LogP) is 7.81. The highest BCUT2D eigenvalue weighted by atomic mass is 31.1. The molecule has 36 heavy (non-hydrogen) atoms. The molecule has 0 aromatic heterocycles. The van der Waals surface area contributed by atoms with Crippen molar-refractivity contribution in [2.45, 2.75) is 54.9 Å². The molecule has 0 N–H and O–H groups in total. The second-order valence-electron chi connectivity index (χ2n) is 10.9. The maximum Gasteiger partial charge on any atom is 0.377 e. The molecule has 2 unspecified atom stereocenters. The number of carbonyl (C=O) groups excluding carboxylic acids is 2. The van der Waals surface area contributed by atoms with Crippen molar-refractivity contribution in [3.05, 3.63) is 100 Å². The average molecular weight is 502 g/mol. The molecule has 0 aliphatic rings. The van der Waals surface area contributed by atoms with Crippen molar-refractivity contribution in [3.63, 3.8) is 0 Å². The molecule has 0 bridgehead atoms. The van der Waals surface area contributed by atoms with Crippen LogP contribution in [0.15, 0.2) is 66.7 Å². The number of carbonyl (C=O) groups is 2. The first-order chi connectivity index (χ1) is 16.9. The lowest BCUT2D eigenvalue weighted by atomic mass is 9.66. The molecule has 0 saturated heterocycles. The summed E-state index contributed by atoms with van der Waals surface area (Å²) in [7, 11) is -1.55. The van der Waals surface area contributed by atoms with Crippen molar-refractivity contribution in [2.75, 3.05) is 6.16 Å². The molecule has 0 aliphatic heterocycles. The summed E-state index contributed by atoms with van der Waals surface area (Å²) in [5, 5.41) is 0.840. The second-order valence-corrected chi connectivity index (χ2v) is 12.5. The molecule has 2 atom stereocenters. The Morgan fingerprint density at radius 1 is 0.722 bits per heavy atom. The van der Waals surface area contributed by atoms with Crippen LogP contribution >= 0.6 is 7.80 Å². The first kappa shape index (κ1) is 27.7. The van der Waals surface area contributed by atoms with Crippen molar-refractivity contribution < 1.29 is 14.2 Å². The van der Waals surface area contributed by atoms with E-state index in [1.54, 1.807) is 0 Å². The van der Waals surface area contributed by atoms with Gasteiger partial charge in [0, 0.05) is 17.0 Å². The van der Waals surface area contributed by atoms with Gasteiger partial charge in [-0.15, -0.1) is 0 Å². The Kier molecular flexibility index (Phi) is 8.80. The van der Waals surface area contributed by atoms with E-state index in [0.29, 0.717) is 23.7 Å². The molecule has 0 saturated carbocycles. The van der Waals surface area contributed by atoms with Crippen LogP contribution in [0.1, 0.15) is 70.2 Å². The van der Waals surface area contributed by atoms with Crippen LogP contribution in [0.25, 0.3) is 0 Å². The van der Waals surface area contributed by atoms with E-state index >= 15 is 0 Å². The van der Waals surface area contributed by atoms with E-state index in [-0.39, 0.29) is 17.5 Å². The minimum atomic E-state index is -1.55. The summed E-state index contributed by atoms with van der Waals surface area (Å²) >= 11 is 0. The third kappa shape index (κ3) is 6.08. The van der Waals surface area contributed by atoms with Gasteiger partial charge in [0.05, 0.1) is 5.92 Å². The molecule has 0 aliphatic carbocycles. The summed E-state index contributed by atoms with van der Waals surface area (Å²) in [6.07, 6.45) is 1.13. The molecule has 0 heterocycles. The fraction of sp³-hybridized carbons (Fsp3) is 0.375. The molecule has 0 radical (unpaired) electrons. The molecule has 0 spiro atoms. The van der Waals surface area contributed by atoms with Gasteiger partial charge >= 0.3 is 7.80 Å². The Morgan fingerprint density at radius 2 is 1.14 bits per heavy atom. The van der Waals surface area contributed by atoms with Crippen molar-refractivity contribution in [1.82, 2.24) is 0 Å². The molecule has 3 aromatic carbocycles. The summed E-state index contributed by atoms with van der Waals surface area (Å²) in [5.74, 6) is -1.01. The van der Waals surface area contributed by atoms with Crippen LogP contribution in [0.2, 0.25) is 0 Å². The summed E-state index contributed by atoms with van der Waals surface area (Å²) in [4.78, 5) is 28.4. The van der Waals surface area contributed by atoms with Gasteiger partial charge in [0.2, 0.25) is 0 Å². The van der Waals surface area contributed by atoms with E-state index < -0.39 is 19.1 Å². The van der Waals surface area contributed by atoms with E-state index in [0.717, 1.165) is 27.6 Å². The van der Waals surface area contributed by atoms with Crippen molar-refractivity contribution in [3.8, 4) is 0 Å². The molecule has 4 heteroatoms. The zero-order valence-corrected chi connectivity index (χ0v) is 23.5.